The minimum absolute atomic E-state index is 0.219. The molecule has 0 unspecified atom stereocenters. The molecule has 0 bridgehead atoms. The highest BCUT2D eigenvalue weighted by Crippen LogP contribution is 2.21. The number of fused-ring (bicyclic) bond motifs is 1. The van der Waals surface area contributed by atoms with Crippen LogP contribution in [0.4, 0.5) is 5.69 Å². The number of nitrogens with zero attached hydrogens (tertiary/aromatic N) is 1. The molecule has 0 spiro atoms. The Hall–Kier alpha value is -2.14. The van der Waals surface area contributed by atoms with E-state index in [2.05, 4.69) is 26.2 Å². The molecule has 1 N–H and O–H groups in total. The molecule has 0 atom stereocenters. The number of hydrogen-bond donors (Lipinski definition) is 1. The van der Waals surface area contributed by atoms with E-state index in [1.165, 1.54) is 6.26 Å². The third-order valence-corrected chi connectivity index (χ3v) is 3.34. The van der Waals surface area contributed by atoms with Crippen molar-refractivity contribution in [3.8, 4) is 0 Å². The van der Waals surface area contributed by atoms with Crippen molar-refractivity contribution >= 4 is 38.4 Å². The number of carbonyl (C=O) groups excluding carboxylic acids is 1. The zero-order valence-electron chi connectivity index (χ0n) is 9.76. The van der Waals surface area contributed by atoms with E-state index in [1.54, 1.807) is 12.3 Å². The van der Waals surface area contributed by atoms with Gasteiger partial charge in [0.15, 0.2) is 4.67 Å². The first kappa shape index (κ1) is 11.9. The molecule has 1 amide bonds. The monoisotopic (exact) mass is 316 g/mol. The van der Waals surface area contributed by atoms with Gasteiger partial charge in [-0.3, -0.25) is 9.78 Å². The third kappa shape index (κ3) is 2.37. The van der Waals surface area contributed by atoms with Gasteiger partial charge in [0.1, 0.15) is 0 Å². The first-order valence-electron chi connectivity index (χ1n) is 5.63. The summed E-state index contributed by atoms with van der Waals surface area (Å²) in [5.74, 6) is -0.219. The molecule has 0 aliphatic rings. The lowest BCUT2D eigenvalue weighted by Gasteiger charge is -2.05. The fourth-order valence-corrected chi connectivity index (χ4v) is 2.23. The number of furan rings is 1. The normalized spacial score (nSPS) is 10.6. The van der Waals surface area contributed by atoms with Gasteiger partial charge in [0.2, 0.25) is 0 Å². The molecule has 19 heavy (non-hydrogen) atoms. The standard InChI is InChI=1S/C14H9BrN2O2/c15-13-11(5-7-19-13)14(18)17-10-3-4-12-9(8-10)2-1-6-16-12/h1-8H,(H,17,18). The van der Waals surface area contributed by atoms with Gasteiger partial charge in [0, 0.05) is 17.3 Å². The lowest BCUT2D eigenvalue weighted by molar-refractivity contribution is 0.102. The van der Waals surface area contributed by atoms with E-state index in [4.69, 9.17) is 4.42 Å². The molecule has 2 aromatic heterocycles. The lowest BCUT2D eigenvalue weighted by atomic mass is 10.2. The third-order valence-electron chi connectivity index (χ3n) is 2.72. The Balaban J connectivity index is 1.89. The number of anilines is 1. The van der Waals surface area contributed by atoms with Crippen LogP contribution in [0.2, 0.25) is 0 Å². The van der Waals surface area contributed by atoms with E-state index < -0.39 is 0 Å². The predicted octanol–water partition coefficient (Wildman–Crippen LogP) is 3.84. The molecule has 0 fully saturated rings. The van der Waals surface area contributed by atoms with Crippen LogP contribution in [0.3, 0.4) is 0 Å². The number of amides is 1. The van der Waals surface area contributed by atoms with E-state index in [0.717, 1.165) is 16.6 Å². The molecular formula is C14H9BrN2O2. The second-order valence-corrected chi connectivity index (χ2v) is 4.69. The first-order valence-corrected chi connectivity index (χ1v) is 6.42. The maximum absolute atomic E-state index is 12.0. The van der Waals surface area contributed by atoms with Gasteiger partial charge in [-0.15, -0.1) is 0 Å². The smallest absolute Gasteiger partial charge is 0.260 e. The molecule has 0 saturated heterocycles. The average Bonchev–Trinajstić information content (AvgIpc) is 2.85. The first-order chi connectivity index (χ1) is 9.24. The number of carbonyl (C=O) groups is 1. The topological polar surface area (TPSA) is 55.1 Å². The minimum Gasteiger partial charge on any atom is -0.457 e. The molecule has 3 rings (SSSR count). The second-order valence-electron chi connectivity index (χ2n) is 3.97. The van der Waals surface area contributed by atoms with Gasteiger partial charge in [0.05, 0.1) is 17.3 Å². The number of halogens is 1. The SMILES string of the molecule is O=C(Nc1ccc2ncccc2c1)c1ccoc1Br. The molecule has 1 aromatic carbocycles. The summed E-state index contributed by atoms with van der Waals surface area (Å²) >= 11 is 3.18. The van der Waals surface area contributed by atoms with Crippen LogP contribution in [0.25, 0.3) is 10.9 Å². The molecule has 0 aliphatic heterocycles. The van der Waals surface area contributed by atoms with Crippen LogP contribution in [0.5, 0.6) is 0 Å². The fourth-order valence-electron chi connectivity index (χ4n) is 1.81. The van der Waals surface area contributed by atoms with Crippen molar-refractivity contribution in [3.63, 3.8) is 0 Å². The van der Waals surface area contributed by atoms with Crippen LogP contribution in [0, 0.1) is 0 Å². The van der Waals surface area contributed by atoms with Gasteiger partial charge in [-0.25, -0.2) is 0 Å². The van der Waals surface area contributed by atoms with E-state index in [1.807, 2.05) is 30.3 Å². The zero-order valence-corrected chi connectivity index (χ0v) is 11.3. The molecular weight excluding hydrogens is 308 g/mol. The van der Waals surface area contributed by atoms with Crippen molar-refractivity contribution in [1.29, 1.82) is 0 Å². The highest BCUT2D eigenvalue weighted by Gasteiger charge is 2.12. The Labute approximate surface area is 117 Å². The van der Waals surface area contributed by atoms with Crippen molar-refractivity contribution in [2.75, 3.05) is 5.32 Å². The molecule has 0 aliphatic carbocycles. The van der Waals surface area contributed by atoms with Crippen LogP contribution in [0.15, 0.2) is 57.9 Å². The summed E-state index contributed by atoms with van der Waals surface area (Å²) in [6.07, 6.45) is 3.20. The van der Waals surface area contributed by atoms with Crippen LogP contribution in [-0.2, 0) is 0 Å². The van der Waals surface area contributed by atoms with Gasteiger partial charge in [-0.05, 0) is 46.3 Å². The van der Waals surface area contributed by atoms with E-state index >= 15 is 0 Å². The Kier molecular flexibility index (Phi) is 3.05. The molecule has 94 valence electrons. The van der Waals surface area contributed by atoms with Gasteiger partial charge < -0.3 is 9.73 Å². The number of benzene rings is 1. The highest BCUT2D eigenvalue weighted by molar-refractivity contribution is 9.10. The van der Waals surface area contributed by atoms with Crippen LogP contribution >= 0.6 is 15.9 Å². The quantitative estimate of drug-likeness (QED) is 0.781. The number of hydrogen-bond acceptors (Lipinski definition) is 3. The summed E-state index contributed by atoms with van der Waals surface area (Å²) in [5.41, 5.74) is 2.08. The van der Waals surface area contributed by atoms with Crippen molar-refractivity contribution in [2.45, 2.75) is 0 Å². The van der Waals surface area contributed by atoms with E-state index in [9.17, 15) is 4.79 Å². The largest absolute Gasteiger partial charge is 0.457 e. The Morgan fingerprint density at radius 1 is 1.26 bits per heavy atom. The van der Waals surface area contributed by atoms with Gasteiger partial charge in [-0.1, -0.05) is 6.07 Å². The summed E-state index contributed by atoms with van der Waals surface area (Å²) in [7, 11) is 0. The summed E-state index contributed by atoms with van der Waals surface area (Å²) in [6.45, 7) is 0. The second kappa shape index (κ2) is 4.85. The Morgan fingerprint density at radius 3 is 2.95 bits per heavy atom. The minimum atomic E-state index is -0.219. The van der Waals surface area contributed by atoms with Crippen molar-refractivity contribution < 1.29 is 9.21 Å². The fraction of sp³-hybridized carbons (Fsp3) is 0. The summed E-state index contributed by atoms with van der Waals surface area (Å²) < 4.78 is 5.46. The number of rotatable bonds is 2. The lowest BCUT2D eigenvalue weighted by Crippen LogP contribution is -2.11. The van der Waals surface area contributed by atoms with Crippen molar-refractivity contribution in [2.24, 2.45) is 0 Å². The van der Waals surface area contributed by atoms with Crippen LogP contribution < -0.4 is 5.32 Å². The number of nitrogens with one attached hydrogen (secondary N) is 1. The summed E-state index contributed by atoms with van der Waals surface area (Å²) in [6, 6.07) is 11.0. The maximum atomic E-state index is 12.0. The van der Waals surface area contributed by atoms with Crippen molar-refractivity contribution in [1.82, 2.24) is 4.98 Å². The zero-order chi connectivity index (χ0) is 13.2. The maximum Gasteiger partial charge on any atom is 0.260 e. The van der Waals surface area contributed by atoms with Crippen LogP contribution in [0.1, 0.15) is 10.4 Å². The van der Waals surface area contributed by atoms with E-state index in [0.29, 0.717) is 10.2 Å². The predicted molar refractivity (Wildman–Crippen MR) is 76.1 cm³/mol. The number of pyridine rings is 1. The molecule has 2 heterocycles. The van der Waals surface area contributed by atoms with Gasteiger partial charge in [0.25, 0.3) is 5.91 Å². The summed E-state index contributed by atoms with van der Waals surface area (Å²) in [4.78, 5) is 16.2. The van der Waals surface area contributed by atoms with E-state index in [-0.39, 0.29) is 5.91 Å². The summed E-state index contributed by atoms with van der Waals surface area (Å²) in [5, 5.41) is 3.80. The average molecular weight is 317 g/mol. The van der Waals surface area contributed by atoms with Gasteiger partial charge >= 0.3 is 0 Å². The Bertz CT molecular complexity index is 752. The molecule has 5 heteroatoms. The van der Waals surface area contributed by atoms with Crippen LogP contribution in [-0.4, -0.2) is 10.9 Å². The molecule has 4 nitrogen and oxygen atoms in total. The Morgan fingerprint density at radius 2 is 2.16 bits per heavy atom. The van der Waals surface area contributed by atoms with Gasteiger partial charge in [-0.2, -0.15) is 0 Å². The number of aromatic nitrogens is 1. The molecule has 0 saturated carbocycles. The highest BCUT2D eigenvalue weighted by atomic mass is 79.9. The molecule has 0 radical (unpaired) electrons. The molecule has 3 aromatic rings. The van der Waals surface area contributed by atoms with Crippen molar-refractivity contribution in [3.05, 3.63) is 59.1 Å².